The molecular weight excluding hydrogens is 386 g/mol. The van der Waals surface area contributed by atoms with E-state index in [0.29, 0.717) is 30.2 Å². The van der Waals surface area contributed by atoms with Crippen molar-refractivity contribution in [1.29, 1.82) is 0 Å². The molecule has 0 atom stereocenters. The summed E-state index contributed by atoms with van der Waals surface area (Å²) in [6, 6.07) is 7.63. The van der Waals surface area contributed by atoms with E-state index in [1.165, 1.54) is 9.13 Å². The Hall–Kier alpha value is -3.33. The number of hydrogen-bond donors (Lipinski definition) is 0. The molecule has 0 spiro atoms. The van der Waals surface area contributed by atoms with Crippen LogP contribution in [-0.2, 0) is 18.3 Å². The van der Waals surface area contributed by atoms with Gasteiger partial charge in [-0.05, 0) is 32.9 Å². The van der Waals surface area contributed by atoms with E-state index < -0.39 is 5.69 Å². The normalized spacial score (nSPS) is 11.6. The average molecular weight is 411 g/mol. The molecule has 1 aromatic carbocycles. The van der Waals surface area contributed by atoms with Crippen molar-refractivity contribution in [2.45, 2.75) is 27.3 Å². The minimum absolute atomic E-state index is 0.192. The molecule has 158 valence electrons. The number of ether oxygens (including phenoxy) is 2. The molecule has 0 aliphatic carbocycles. The highest BCUT2D eigenvalue weighted by Crippen LogP contribution is 2.26. The molecule has 30 heavy (non-hydrogen) atoms. The molecule has 0 unspecified atom stereocenters. The fourth-order valence-corrected chi connectivity index (χ4v) is 3.81. The Labute approximate surface area is 172 Å². The molecule has 3 heterocycles. The molecule has 0 bridgehead atoms. The number of nitrogens with zero attached hydrogens (tertiary/aromatic N) is 5. The summed E-state index contributed by atoms with van der Waals surface area (Å²) >= 11 is 0. The van der Waals surface area contributed by atoms with Crippen LogP contribution >= 0.6 is 0 Å². The Balaban J connectivity index is 2.06. The van der Waals surface area contributed by atoms with Gasteiger partial charge < -0.3 is 9.47 Å². The van der Waals surface area contributed by atoms with Crippen molar-refractivity contribution in [2.75, 3.05) is 20.3 Å². The Bertz CT molecular complexity index is 1370. The minimum Gasteiger partial charge on any atom is -0.497 e. The first-order valence-corrected chi connectivity index (χ1v) is 9.82. The van der Waals surface area contributed by atoms with E-state index in [1.807, 2.05) is 54.0 Å². The lowest BCUT2D eigenvalue weighted by molar-refractivity contribution is 0.137. The zero-order valence-electron chi connectivity index (χ0n) is 17.8. The Morgan fingerprint density at radius 3 is 2.60 bits per heavy atom. The van der Waals surface area contributed by atoms with Crippen molar-refractivity contribution in [3.05, 3.63) is 56.5 Å². The van der Waals surface area contributed by atoms with Crippen molar-refractivity contribution in [3.63, 3.8) is 0 Å². The molecule has 0 N–H and O–H groups in total. The SMILES string of the molecule is CCOCCn1c(=O)c2c(nc3n(-c4cccc(OC)c4)c(C)c(C)n23)n(C)c1=O. The van der Waals surface area contributed by atoms with Crippen LogP contribution in [0.1, 0.15) is 18.3 Å². The third kappa shape index (κ3) is 2.85. The number of imidazole rings is 2. The summed E-state index contributed by atoms with van der Waals surface area (Å²) in [7, 11) is 3.25. The first-order chi connectivity index (χ1) is 14.4. The molecule has 0 fully saturated rings. The highest BCUT2D eigenvalue weighted by Gasteiger charge is 2.23. The number of methoxy groups -OCH3 is 1. The van der Waals surface area contributed by atoms with Gasteiger partial charge in [0.05, 0.1) is 25.9 Å². The third-order valence-electron chi connectivity index (χ3n) is 5.49. The second-order valence-electron chi connectivity index (χ2n) is 7.12. The lowest BCUT2D eigenvalue weighted by atomic mass is 10.3. The van der Waals surface area contributed by atoms with E-state index in [9.17, 15) is 9.59 Å². The van der Waals surface area contributed by atoms with Crippen LogP contribution in [0.4, 0.5) is 0 Å². The van der Waals surface area contributed by atoms with E-state index in [2.05, 4.69) is 0 Å². The van der Waals surface area contributed by atoms with Gasteiger partial charge in [0.15, 0.2) is 11.2 Å². The van der Waals surface area contributed by atoms with Gasteiger partial charge in [-0.15, -0.1) is 0 Å². The van der Waals surface area contributed by atoms with Gasteiger partial charge in [-0.2, -0.15) is 4.98 Å². The summed E-state index contributed by atoms with van der Waals surface area (Å²) in [5.41, 5.74) is 2.64. The van der Waals surface area contributed by atoms with Gasteiger partial charge in [-0.1, -0.05) is 6.07 Å². The zero-order valence-corrected chi connectivity index (χ0v) is 17.8. The molecule has 4 aromatic rings. The van der Waals surface area contributed by atoms with E-state index in [4.69, 9.17) is 14.5 Å². The summed E-state index contributed by atoms with van der Waals surface area (Å²) in [5.74, 6) is 1.29. The average Bonchev–Trinajstić information content (AvgIpc) is 3.24. The van der Waals surface area contributed by atoms with Gasteiger partial charge in [0.1, 0.15) is 5.75 Å². The maximum absolute atomic E-state index is 13.3. The number of fused-ring (bicyclic) bond motifs is 3. The Morgan fingerprint density at radius 2 is 1.90 bits per heavy atom. The Morgan fingerprint density at radius 1 is 1.13 bits per heavy atom. The lowest BCUT2D eigenvalue weighted by Gasteiger charge is -2.09. The number of aromatic nitrogens is 5. The second kappa shape index (κ2) is 7.49. The monoisotopic (exact) mass is 411 g/mol. The zero-order chi connectivity index (χ0) is 21.6. The van der Waals surface area contributed by atoms with Crippen molar-refractivity contribution in [1.82, 2.24) is 23.1 Å². The molecule has 4 rings (SSSR count). The van der Waals surface area contributed by atoms with Crippen molar-refractivity contribution >= 4 is 16.9 Å². The molecule has 0 aliphatic rings. The second-order valence-corrected chi connectivity index (χ2v) is 7.12. The van der Waals surface area contributed by atoms with Crippen molar-refractivity contribution in [2.24, 2.45) is 7.05 Å². The molecule has 0 saturated carbocycles. The van der Waals surface area contributed by atoms with Crippen LogP contribution in [0, 0.1) is 13.8 Å². The summed E-state index contributed by atoms with van der Waals surface area (Å²) in [6.45, 7) is 6.80. The van der Waals surface area contributed by atoms with Crippen LogP contribution in [-0.4, -0.2) is 43.4 Å². The molecule has 3 aromatic heterocycles. The first-order valence-electron chi connectivity index (χ1n) is 9.82. The van der Waals surface area contributed by atoms with Crippen LogP contribution in [0.2, 0.25) is 0 Å². The number of benzene rings is 1. The topological polar surface area (TPSA) is 84.7 Å². The summed E-state index contributed by atoms with van der Waals surface area (Å²) in [4.78, 5) is 30.8. The van der Waals surface area contributed by atoms with Gasteiger partial charge in [0, 0.05) is 31.1 Å². The Kier molecular flexibility index (Phi) is 4.98. The van der Waals surface area contributed by atoms with Crippen LogP contribution in [0.15, 0.2) is 33.9 Å². The number of hydrogen-bond acceptors (Lipinski definition) is 5. The summed E-state index contributed by atoms with van der Waals surface area (Å²) in [6.07, 6.45) is 0. The van der Waals surface area contributed by atoms with E-state index in [-0.39, 0.29) is 12.1 Å². The maximum atomic E-state index is 13.3. The predicted molar refractivity (Wildman–Crippen MR) is 114 cm³/mol. The van der Waals surface area contributed by atoms with Crippen LogP contribution in [0.25, 0.3) is 22.6 Å². The summed E-state index contributed by atoms with van der Waals surface area (Å²) in [5, 5.41) is 0. The van der Waals surface area contributed by atoms with Crippen molar-refractivity contribution in [3.8, 4) is 11.4 Å². The molecule has 0 amide bonds. The first kappa shape index (κ1) is 20.0. The largest absolute Gasteiger partial charge is 0.497 e. The quantitative estimate of drug-likeness (QED) is 0.452. The third-order valence-corrected chi connectivity index (χ3v) is 5.49. The standard InChI is InChI=1S/C21H25N5O4/c1-6-30-11-10-24-19(27)17-18(23(4)21(24)28)22-20-25(13(2)14(3)26(17)20)15-8-7-9-16(12-15)29-5/h7-9,12H,6,10-11H2,1-5H3. The molecular formula is C21H25N5O4. The van der Waals surface area contributed by atoms with Gasteiger partial charge >= 0.3 is 5.69 Å². The van der Waals surface area contributed by atoms with Gasteiger partial charge in [-0.25, -0.2) is 4.79 Å². The van der Waals surface area contributed by atoms with Crippen LogP contribution < -0.4 is 16.0 Å². The van der Waals surface area contributed by atoms with Gasteiger partial charge in [-0.3, -0.25) is 22.9 Å². The lowest BCUT2D eigenvalue weighted by Crippen LogP contribution is -2.40. The van der Waals surface area contributed by atoms with Gasteiger partial charge in [0.2, 0.25) is 5.78 Å². The molecule has 0 radical (unpaired) electrons. The maximum Gasteiger partial charge on any atom is 0.332 e. The fourth-order valence-electron chi connectivity index (χ4n) is 3.81. The number of aryl methyl sites for hydroxylation is 2. The molecule has 9 nitrogen and oxygen atoms in total. The minimum atomic E-state index is -0.407. The van der Waals surface area contributed by atoms with Gasteiger partial charge in [0.25, 0.3) is 5.56 Å². The van der Waals surface area contributed by atoms with E-state index in [1.54, 1.807) is 14.2 Å². The highest BCUT2D eigenvalue weighted by molar-refractivity contribution is 5.77. The molecule has 0 saturated heterocycles. The number of rotatable bonds is 6. The van der Waals surface area contributed by atoms with E-state index >= 15 is 0 Å². The smallest absolute Gasteiger partial charge is 0.332 e. The summed E-state index contributed by atoms with van der Waals surface area (Å²) < 4.78 is 17.1. The predicted octanol–water partition coefficient (Wildman–Crippen LogP) is 1.80. The van der Waals surface area contributed by atoms with E-state index in [0.717, 1.165) is 22.8 Å². The van der Waals surface area contributed by atoms with Crippen molar-refractivity contribution < 1.29 is 9.47 Å². The van der Waals surface area contributed by atoms with Crippen LogP contribution in [0.3, 0.4) is 0 Å². The van der Waals surface area contributed by atoms with Crippen LogP contribution in [0.5, 0.6) is 5.75 Å². The fraction of sp³-hybridized carbons (Fsp3) is 0.381. The molecule has 9 heteroatoms. The highest BCUT2D eigenvalue weighted by atomic mass is 16.5. The molecule has 0 aliphatic heterocycles.